The van der Waals surface area contributed by atoms with Gasteiger partial charge in [0.2, 0.25) is 0 Å². The van der Waals surface area contributed by atoms with Crippen molar-refractivity contribution >= 4 is 30.5 Å². The lowest BCUT2D eigenvalue weighted by atomic mass is 10.1. The third-order valence-electron chi connectivity index (χ3n) is 2.72. The van der Waals surface area contributed by atoms with Gasteiger partial charge in [-0.25, -0.2) is 4.79 Å². The molecule has 1 aliphatic rings. The van der Waals surface area contributed by atoms with Crippen molar-refractivity contribution in [1.29, 1.82) is 0 Å². The van der Waals surface area contributed by atoms with E-state index in [9.17, 15) is 14.4 Å². The smallest absolute Gasteiger partial charge is 0.263 e. The Morgan fingerprint density at radius 2 is 1.81 bits per heavy atom. The lowest BCUT2D eigenvalue weighted by Gasteiger charge is -2.15. The molecule has 16 heavy (non-hydrogen) atoms. The van der Waals surface area contributed by atoms with E-state index >= 15 is 0 Å². The lowest BCUT2D eigenvalue weighted by Crippen LogP contribution is -2.33. The summed E-state index contributed by atoms with van der Waals surface area (Å²) in [7, 11) is 1.32. The van der Waals surface area contributed by atoms with Crippen LogP contribution in [0.25, 0.3) is 0 Å². The normalized spacial score (nSPS) is 18.6. The molecule has 4 amide bonds. The minimum Gasteiger partial charge on any atom is -0.263 e. The van der Waals surface area contributed by atoms with Gasteiger partial charge in [0.05, 0.1) is 0 Å². The Labute approximate surface area is 100 Å². The molecule has 0 bridgehead atoms. The maximum absolute atomic E-state index is 11.5. The molecule has 90 valence electrons. The van der Waals surface area contributed by atoms with Crippen LogP contribution in [0.5, 0.6) is 0 Å². The number of likely N-dealkylation sites (N-methyl/N-ethyl adjacent to an activating group) is 1. The summed E-state index contributed by atoms with van der Waals surface area (Å²) in [4.78, 5) is 35.9. The summed E-state index contributed by atoms with van der Waals surface area (Å²) < 4.78 is 0. The molecule has 0 N–H and O–H groups in total. The van der Waals surface area contributed by atoms with Crippen LogP contribution in [0.15, 0.2) is 0 Å². The van der Waals surface area contributed by atoms with Crippen LogP contribution in [0.3, 0.4) is 0 Å². The number of imide groups is 2. The highest BCUT2D eigenvalue weighted by Gasteiger charge is 2.41. The molecule has 0 aromatic carbocycles. The van der Waals surface area contributed by atoms with Crippen LogP contribution < -0.4 is 0 Å². The fraction of sp³-hybridized carbons (Fsp3) is 0.700. The van der Waals surface area contributed by atoms with Gasteiger partial charge in [0, 0.05) is 13.6 Å². The molecule has 1 fully saturated rings. The van der Waals surface area contributed by atoms with Gasteiger partial charge in [-0.2, -0.15) is 12.6 Å². The third kappa shape index (κ3) is 2.55. The Hall–Kier alpha value is -1.04. The lowest BCUT2D eigenvalue weighted by molar-refractivity contribution is -0.142. The van der Waals surface area contributed by atoms with E-state index in [0.29, 0.717) is 18.9 Å². The number of carbonyl (C=O) groups excluding carboxylic acids is 3. The second kappa shape index (κ2) is 5.34. The Morgan fingerprint density at radius 3 is 2.25 bits per heavy atom. The van der Waals surface area contributed by atoms with E-state index < -0.39 is 17.8 Å². The van der Waals surface area contributed by atoms with E-state index in [-0.39, 0.29) is 0 Å². The molecule has 1 saturated heterocycles. The van der Waals surface area contributed by atoms with Crippen molar-refractivity contribution in [3.8, 4) is 0 Å². The zero-order valence-corrected chi connectivity index (χ0v) is 10.4. The molecular weight excluding hydrogens is 228 g/mol. The maximum atomic E-state index is 11.5. The summed E-state index contributed by atoms with van der Waals surface area (Å²) in [5, 5.41) is 0. The zero-order valence-electron chi connectivity index (χ0n) is 9.47. The Balaban J connectivity index is 2.52. The minimum atomic E-state index is -0.744. The first-order chi connectivity index (χ1) is 7.49. The molecule has 1 rings (SSSR count). The van der Waals surface area contributed by atoms with Crippen LogP contribution in [-0.4, -0.2) is 47.0 Å². The van der Waals surface area contributed by atoms with Crippen molar-refractivity contribution in [1.82, 2.24) is 9.80 Å². The number of urea groups is 1. The molecule has 0 saturated carbocycles. The van der Waals surface area contributed by atoms with Crippen molar-refractivity contribution in [3.63, 3.8) is 0 Å². The monoisotopic (exact) mass is 244 g/mol. The van der Waals surface area contributed by atoms with Crippen molar-refractivity contribution in [2.45, 2.75) is 19.8 Å². The van der Waals surface area contributed by atoms with E-state index in [4.69, 9.17) is 0 Å². The standard InChI is InChI=1S/C10H16N2O3S/c1-7(4-6-16)3-5-12-9(14)8(13)11(2)10(12)15/h7,16H,3-6H2,1-2H3. The zero-order chi connectivity index (χ0) is 12.3. The molecule has 0 aromatic heterocycles. The van der Waals surface area contributed by atoms with Crippen LogP contribution in [-0.2, 0) is 9.59 Å². The Morgan fingerprint density at radius 1 is 1.19 bits per heavy atom. The largest absolute Gasteiger partial charge is 0.333 e. The van der Waals surface area contributed by atoms with Crippen molar-refractivity contribution in [2.24, 2.45) is 5.92 Å². The molecule has 6 heteroatoms. The van der Waals surface area contributed by atoms with Crippen LogP contribution >= 0.6 is 12.6 Å². The van der Waals surface area contributed by atoms with Crippen LogP contribution in [0.2, 0.25) is 0 Å². The second-order valence-electron chi connectivity index (χ2n) is 4.01. The molecule has 0 aromatic rings. The molecule has 1 unspecified atom stereocenters. The fourth-order valence-corrected chi connectivity index (χ4v) is 1.97. The van der Waals surface area contributed by atoms with Gasteiger partial charge in [0.1, 0.15) is 0 Å². The number of hydrogen-bond donors (Lipinski definition) is 1. The van der Waals surface area contributed by atoms with Gasteiger partial charge in [-0.05, 0) is 24.5 Å². The molecule has 1 atom stereocenters. The van der Waals surface area contributed by atoms with E-state index in [2.05, 4.69) is 12.6 Å². The number of thiol groups is 1. The van der Waals surface area contributed by atoms with Gasteiger partial charge in [0.15, 0.2) is 0 Å². The number of carbonyl (C=O) groups is 3. The van der Waals surface area contributed by atoms with Crippen molar-refractivity contribution in [3.05, 3.63) is 0 Å². The first-order valence-electron chi connectivity index (χ1n) is 5.23. The Bertz CT molecular complexity index is 319. The number of nitrogens with zero attached hydrogens (tertiary/aromatic N) is 2. The quantitative estimate of drug-likeness (QED) is 0.441. The van der Waals surface area contributed by atoms with Crippen molar-refractivity contribution in [2.75, 3.05) is 19.3 Å². The summed E-state index contributed by atoms with van der Waals surface area (Å²) in [6.07, 6.45) is 1.64. The van der Waals surface area contributed by atoms with Gasteiger partial charge in [-0.3, -0.25) is 19.4 Å². The topological polar surface area (TPSA) is 57.7 Å². The van der Waals surface area contributed by atoms with Crippen LogP contribution in [0.1, 0.15) is 19.8 Å². The average Bonchev–Trinajstić information content (AvgIpc) is 2.42. The van der Waals surface area contributed by atoms with E-state index in [0.717, 1.165) is 22.0 Å². The van der Waals surface area contributed by atoms with E-state index in [1.165, 1.54) is 7.05 Å². The summed E-state index contributed by atoms with van der Waals surface area (Å²) in [6.45, 7) is 2.34. The second-order valence-corrected chi connectivity index (χ2v) is 4.46. The van der Waals surface area contributed by atoms with Crippen LogP contribution in [0, 0.1) is 5.92 Å². The third-order valence-corrected chi connectivity index (χ3v) is 2.98. The first-order valence-corrected chi connectivity index (χ1v) is 5.86. The summed E-state index contributed by atoms with van der Waals surface area (Å²) >= 11 is 4.12. The summed E-state index contributed by atoms with van der Waals surface area (Å²) in [5.74, 6) is -0.293. The fourth-order valence-electron chi connectivity index (χ4n) is 1.53. The van der Waals surface area contributed by atoms with Gasteiger partial charge < -0.3 is 0 Å². The van der Waals surface area contributed by atoms with Gasteiger partial charge >= 0.3 is 17.8 Å². The van der Waals surface area contributed by atoms with Gasteiger partial charge in [0.25, 0.3) is 0 Å². The highest BCUT2D eigenvalue weighted by Crippen LogP contribution is 2.14. The van der Waals surface area contributed by atoms with Crippen LogP contribution in [0.4, 0.5) is 4.79 Å². The minimum absolute atomic E-state index is 0.308. The van der Waals surface area contributed by atoms with Gasteiger partial charge in [-0.1, -0.05) is 6.92 Å². The highest BCUT2D eigenvalue weighted by atomic mass is 32.1. The Kier molecular flexibility index (Phi) is 4.35. The number of rotatable bonds is 5. The SMILES string of the molecule is CC(CCS)CCN1C(=O)C(=O)N(C)C1=O. The molecule has 1 aliphatic heterocycles. The highest BCUT2D eigenvalue weighted by molar-refractivity contribution is 7.80. The predicted molar refractivity (Wildman–Crippen MR) is 62.1 cm³/mol. The van der Waals surface area contributed by atoms with E-state index in [1.807, 2.05) is 6.92 Å². The summed E-state index contributed by atoms with van der Waals surface area (Å²) in [5.41, 5.74) is 0. The summed E-state index contributed by atoms with van der Waals surface area (Å²) in [6, 6.07) is -0.520. The van der Waals surface area contributed by atoms with E-state index in [1.54, 1.807) is 0 Å². The first kappa shape index (κ1) is 13.0. The number of amides is 4. The maximum Gasteiger partial charge on any atom is 0.333 e. The average molecular weight is 244 g/mol. The molecule has 0 radical (unpaired) electrons. The number of hydrogen-bond acceptors (Lipinski definition) is 4. The molecule has 1 heterocycles. The van der Waals surface area contributed by atoms with Crippen molar-refractivity contribution < 1.29 is 14.4 Å². The molecule has 0 aliphatic carbocycles. The molecule has 0 spiro atoms. The van der Waals surface area contributed by atoms with Gasteiger partial charge in [-0.15, -0.1) is 0 Å². The predicted octanol–water partition coefficient (Wildman–Crippen LogP) is 0.753. The molecular formula is C10H16N2O3S. The molecule has 5 nitrogen and oxygen atoms in total.